The predicted octanol–water partition coefficient (Wildman–Crippen LogP) is 2.22. The van der Waals surface area contributed by atoms with Crippen molar-refractivity contribution < 1.29 is 17.7 Å². The number of thiazole rings is 1. The Labute approximate surface area is 110 Å². The maximum absolute atomic E-state index is 12.3. The highest BCUT2D eigenvalue weighted by molar-refractivity contribution is 7.13. The minimum Gasteiger partial charge on any atom is -0.352 e. The fourth-order valence-electron chi connectivity index (χ4n) is 1.14. The fourth-order valence-corrected chi connectivity index (χ4v) is 1.85. The van der Waals surface area contributed by atoms with E-state index in [2.05, 4.69) is 20.4 Å². The Balaban J connectivity index is 1.96. The van der Waals surface area contributed by atoms with E-state index in [1.54, 1.807) is 19.0 Å². The van der Waals surface area contributed by atoms with E-state index in [1.165, 1.54) is 0 Å². The van der Waals surface area contributed by atoms with Crippen molar-refractivity contribution in [1.82, 2.24) is 15.1 Å². The maximum atomic E-state index is 12.3. The Morgan fingerprint density at radius 1 is 1.37 bits per heavy atom. The second kappa shape index (κ2) is 5.03. The quantitative estimate of drug-likeness (QED) is 0.932. The van der Waals surface area contributed by atoms with Crippen molar-refractivity contribution in [3.63, 3.8) is 0 Å². The van der Waals surface area contributed by atoms with Crippen LogP contribution in [-0.4, -0.2) is 29.2 Å². The molecule has 0 unspecified atom stereocenters. The normalized spacial score (nSPS) is 11.6. The predicted molar refractivity (Wildman–Crippen MR) is 63.1 cm³/mol. The lowest BCUT2D eigenvalue weighted by atomic mass is 10.5. The van der Waals surface area contributed by atoms with E-state index < -0.39 is 11.9 Å². The Morgan fingerprint density at radius 3 is 2.63 bits per heavy atom. The van der Waals surface area contributed by atoms with Crippen LogP contribution in [0.2, 0.25) is 0 Å². The summed E-state index contributed by atoms with van der Waals surface area (Å²) in [5.74, 6) is 0.666. The first kappa shape index (κ1) is 13.6. The minimum absolute atomic E-state index is 0.117. The molecule has 2 aromatic rings. The highest BCUT2D eigenvalue weighted by Gasteiger charge is 2.33. The summed E-state index contributed by atoms with van der Waals surface area (Å²) in [7, 11) is 3.50. The molecule has 10 heteroatoms. The number of anilines is 2. The van der Waals surface area contributed by atoms with E-state index in [9.17, 15) is 13.2 Å². The third kappa shape index (κ3) is 3.34. The molecule has 0 saturated carbocycles. The van der Waals surface area contributed by atoms with E-state index in [4.69, 9.17) is 4.52 Å². The number of rotatable bonds is 4. The highest BCUT2D eigenvalue weighted by atomic mass is 32.1. The Morgan fingerprint density at radius 2 is 2.11 bits per heavy atom. The molecule has 0 aliphatic rings. The summed E-state index contributed by atoms with van der Waals surface area (Å²) < 4.78 is 41.9. The van der Waals surface area contributed by atoms with Gasteiger partial charge in [-0.15, -0.1) is 11.3 Å². The van der Waals surface area contributed by atoms with Crippen LogP contribution in [0, 0.1) is 0 Å². The second-order valence-electron chi connectivity index (χ2n) is 3.77. The monoisotopic (exact) mass is 293 g/mol. The number of halogens is 3. The molecule has 0 fully saturated rings. The number of hydrogen-bond acceptors (Lipinski definition) is 7. The topological polar surface area (TPSA) is 67.1 Å². The van der Waals surface area contributed by atoms with Gasteiger partial charge in [0.05, 0.1) is 6.54 Å². The van der Waals surface area contributed by atoms with Gasteiger partial charge < -0.3 is 14.7 Å². The largest absolute Gasteiger partial charge is 0.434 e. The van der Waals surface area contributed by atoms with Gasteiger partial charge in [0.1, 0.15) is 0 Å². The Bertz CT molecular complexity index is 550. The zero-order valence-electron chi connectivity index (χ0n) is 10.0. The first-order chi connectivity index (χ1) is 8.86. The van der Waals surface area contributed by atoms with E-state index in [-0.39, 0.29) is 17.6 Å². The average Bonchev–Trinajstić information content (AvgIpc) is 2.95. The number of hydrogen-bond donors (Lipinski definition) is 1. The molecule has 0 aliphatic heterocycles. The first-order valence-corrected chi connectivity index (χ1v) is 6.00. The molecule has 2 rings (SSSR count). The SMILES string of the molecule is CN(C)c1noc(CNc2nc(C(F)(F)F)cs2)n1. The summed E-state index contributed by atoms with van der Waals surface area (Å²) in [6.45, 7) is 0.117. The lowest BCUT2D eigenvalue weighted by molar-refractivity contribution is -0.140. The number of alkyl halides is 3. The molecular weight excluding hydrogens is 283 g/mol. The summed E-state index contributed by atoms with van der Waals surface area (Å²) in [5, 5.41) is 7.47. The molecule has 0 aliphatic carbocycles. The van der Waals surface area contributed by atoms with Gasteiger partial charge in [0, 0.05) is 19.5 Å². The van der Waals surface area contributed by atoms with Gasteiger partial charge in [-0.25, -0.2) is 4.98 Å². The van der Waals surface area contributed by atoms with Crippen molar-refractivity contribution in [3.8, 4) is 0 Å². The molecule has 0 radical (unpaired) electrons. The van der Waals surface area contributed by atoms with Crippen molar-refractivity contribution in [2.24, 2.45) is 0 Å². The zero-order valence-corrected chi connectivity index (χ0v) is 10.8. The van der Waals surface area contributed by atoms with E-state index in [1.807, 2.05) is 0 Å². The van der Waals surface area contributed by atoms with Crippen molar-refractivity contribution >= 4 is 22.4 Å². The molecule has 0 spiro atoms. The lowest BCUT2D eigenvalue weighted by Gasteiger charge is -2.02. The van der Waals surface area contributed by atoms with Gasteiger partial charge in [-0.2, -0.15) is 18.2 Å². The van der Waals surface area contributed by atoms with E-state index >= 15 is 0 Å². The minimum atomic E-state index is -4.43. The molecule has 6 nitrogen and oxygen atoms in total. The van der Waals surface area contributed by atoms with Gasteiger partial charge in [-0.1, -0.05) is 0 Å². The molecule has 19 heavy (non-hydrogen) atoms. The highest BCUT2D eigenvalue weighted by Crippen LogP contribution is 2.31. The Hall–Kier alpha value is -1.84. The van der Waals surface area contributed by atoms with Crippen LogP contribution < -0.4 is 10.2 Å². The molecule has 0 saturated heterocycles. The van der Waals surface area contributed by atoms with Crippen LogP contribution in [-0.2, 0) is 12.7 Å². The molecule has 0 aromatic carbocycles. The molecule has 2 aromatic heterocycles. The Kier molecular flexibility index (Phi) is 3.60. The maximum Gasteiger partial charge on any atom is 0.434 e. The summed E-state index contributed by atoms with van der Waals surface area (Å²) in [6.07, 6.45) is -4.43. The van der Waals surface area contributed by atoms with E-state index in [0.29, 0.717) is 5.95 Å². The standard InChI is InChI=1S/C9H10F3N5OS/c1-17(2)7-15-6(18-16-7)3-13-8-14-5(4-19-8)9(10,11)12/h4H,3H2,1-2H3,(H,13,14). The molecular formula is C9H10F3N5OS. The lowest BCUT2D eigenvalue weighted by Crippen LogP contribution is -2.10. The number of nitrogens with zero attached hydrogens (tertiary/aromatic N) is 4. The summed E-state index contributed by atoms with van der Waals surface area (Å²) in [4.78, 5) is 9.09. The van der Waals surface area contributed by atoms with Crippen molar-refractivity contribution in [2.75, 3.05) is 24.3 Å². The molecule has 0 atom stereocenters. The van der Waals surface area contributed by atoms with E-state index in [0.717, 1.165) is 16.7 Å². The zero-order chi connectivity index (χ0) is 14.0. The van der Waals surface area contributed by atoms with Crippen molar-refractivity contribution in [3.05, 3.63) is 17.0 Å². The molecule has 1 N–H and O–H groups in total. The van der Waals surface area contributed by atoms with Crippen LogP contribution in [0.1, 0.15) is 11.6 Å². The number of aromatic nitrogens is 3. The van der Waals surface area contributed by atoms with Crippen molar-refractivity contribution in [1.29, 1.82) is 0 Å². The van der Waals surface area contributed by atoms with Crippen LogP contribution in [0.5, 0.6) is 0 Å². The van der Waals surface area contributed by atoms with Crippen LogP contribution in [0.3, 0.4) is 0 Å². The number of nitrogens with one attached hydrogen (secondary N) is 1. The summed E-state index contributed by atoms with van der Waals surface area (Å²) in [5.41, 5.74) is -0.917. The van der Waals surface area contributed by atoms with Gasteiger partial charge in [0.15, 0.2) is 10.8 Å². The van der Waals surface area contributed by atoms with Crippen LogP contribution in [0.15, 0.2) is 9.90 Å². The third-order valence-corrected chi connectivity index (χ3v) is 2.84. The molecule has 0 amide bonds. The second-order valence-corrected chi connectivity index (χ2v) is 4.63. The average molecular weight is 293 g/mol. The van der Waals surface area contributed by atoms with Gasteiger partial charge in [0.2, 0.25) is 5.89 Å². The van der Waals surface area contributed by atoms with Crippen molar-refractivity contribution in [2.45, 2.75) is 12.7 Å². The van der Waals surface area contributed by atoms with Gasteiger partial charge >= 0.3 is 6.18 Å². The molecule has 104 valence electrons. The van der Waals surface area contributed by atoms with Crippen LogP contribution in [0.25, 0.3) is 0 Å². The van der Waals surface area contributed by atoms with Crippen LogP contribution in [0.4, 0.5) is 24.3 Å². The summed E-state index contributed by atoms with van der Waals surface area (Å²) in [6, 6.07) is 0. The van der Waals surface area contributed by atoms with Crippen LogP contribution >= 0.6 is 11.3 Å². The van der Waals surface area contributed by atoms with Gasteiger partial charge in [-0.3, -0.25) is 0 Å². The molecule has 2 heterocycles. The van der Waals surface area contributed by atoms with Gasteiger partial charge in [0.25, 0.3) is 5.95 Å². The fraction of sp³-hybridized carbons (Fsp3) is 0.444. The molecule has 0 bridgehead atoms. The summed E-state index contributed by atoms with van der Waals surface area (Å²) >= 11 is 0.866. The first-order valence-electron chi connectivity index (χ1n) is 5.13. The van der Waals surface area contributed by atoms with Gasteiger partial charge in [-0.05, 0) is 5.16 Å². The smallest absolute Gasteiger partial charge is 0.352 e. The third-order valence-electron chi connectivity index (χ3n) is 2.04.